The van der Waals surface area contributed by atoms with Gasteiger partial charge in [-0.05, 0) is 57.1 Å². The maximum absolute atomic E-state index is 12.6. The maximum Gasteiger partial charge on any atom is 0.223 e. The van der Waals surface area contributed by atoms with Crippen LogP contribution in [0, 0.1) is 5.92 Å². The Labute approximate surface area is 165 Å². The summed E-state index contributed by atoms with van der Waals surface area (Å²) in [5, 5.41) is 15.1. The highest BCUT2D eigenvalue weighted by atomic mass is 16.5. The van der Waals surface area contributed by atoms with Gasteiger partial charge in [0.25, 0.3) is 0 Å². The summed E-state index contributed by atoms with van der Waals surface area (Å²) in [5.41, 5.74) is 5.92. The van der Waals surface area contributed by atoms with Gasteiger partial charge in [-0.2, -0.15) is 0 Å². The molecule has 0 spiro atoms. The number of benzene rings is 1. The molecule has 2 fully saturated rings. The Kier molecular flexibility index (Phi) is 5.78. The molecule has 3 atom stereocenters. The van der Waals surface area contributed by atoms with E-state index < -0.39 is 6.10 Å². The molecule has 2 aliphatic rings. The summed E-state index contributed by atoms with van der Waals surface area (Å²) in [6.07, 6.45) is 8.94. The van der Waals surface area contributed by atoms with Crippen molar-refractivity contribution in [3.8, 4) is 5.75 Å². The summed E-state index contributed by atoms with van der Waals surface area (Å²) in [5.74, 6) is 0.923. The van der Waals surface area contributed by atoms with Gasteiger partial charge in [0.2, 0.25) is 5.91 Å². The fourth-order valence-electron chi connectivity index (χ4n) is 4.45. The molecule has 2 aromatic rings. The molecule has 0 unspecified atom stereocenters. The van der Waals surface area contributed by atoms with Crippen molar-refractivity contribution in [1.82, 2.24) is 10.3 Å². The number of aliphatic hydroxyl groups is 1. The van der Waals surface area contributed by atoms with Crippen LogP contribution >= 0.6 is 0 Å². The van der Waals surface area contributed by atoms with E-state index in [1.165, 1.54) is 0 Å². The molecule has 150 valence electrons. The second kappa shape index (κ2) is 8.45. The Bertz CT molecular complexity index is 814. The van der Waals surface area contributed by atoms with Crippen LogP contribution in [0.3, 0.4) is 0 Å². The highest BCUT2D eigenvalue weighted by molar-refractivity contribution is 5.87. The van der Waals surface area contributed by atoms with E-state index >= 15 is 0 Å². The molecule has 1 amide bonds. The zero-order chi connectivity index (χ0) is 19.5. The number of amides is 1. The topological polar surface area (TPSA) is 97.5 Å². The Morgan fingerprint density at radius 3 is 2.75 bits per heavy atom. The van der Waals surface area contributed by atoms with E-state index in [0.29, 0.717) is 12.8 Å². The minimum Gasteiger partial charge on any atom is -0.490 e. The molecular weight excluding hydrogens is 354 g/mol. The van der Waals surface area contributed by atoms with E-state index in [1.807, 2.05) is 30.5 Å². The first kappa shape index (κ1) is 19.2. The molecule has 28 heavy (non-hydrogen) atoms. The Morgan fingerprint density at radius 2 is 1.96 bits per heavy atom. The molecule has 4 N–H and O–H groups in total. The van der Waals surface area contributed by atoms with E-state index in [9.17, 15) is 9.90 Å². The van der Waals surface area contributed by atoms with Gasteiger partial charge < -0.3 is 20.9 Å². The van der Waals surface area contributed by atoms with E-state index in [0.717, 1.165) is 48.6 Å². The highest BCUT2D eigenvalue weighted by Gasteiger charge is 2.32. The largest absolute Gasteiger partial charge is 0.490 e. The first-order chi connectivity index (χ1) is 13.6. The molecule has 6 heteroatoms. The number of aromatic nitrogens is 1. The van der Waals surface area contributed by atoms with Crippen LogP contribution in [0.25, 0.3) is 10.8 Å². The lowest BCUT2D eigenvalue weighted by molar-refractivity contribution is -0.128. The zero-order valence-corrected chi connectivity index (χ0v) is 16.1. The van der Waals surface area contributed by atoms with Crippen molar-refractivity contribution in [2.45, 2.75) is 69.2 Å². The van der Waals surface area contributed by atoms with Gasteiger partial charge in [0, 0.05) is 41.2 Å². The van der Waals surface area contributed by atoms with Crippen molar-refractivity contribution < 1.29 is 14.6 Å². The first-order valence-corrected chi connectivity index (χ1v) is 10.3. The third kappa shape index (κ3) is 4.28. The van der Waals surface area contributed by atoms with Crippen molar-refractivity contribution in [2.75, 3.05) is 0 Å². The van der Waals surface area contributed by atoms with Crippen LogP contribution < -0.4 is 15.8 Å². The number of hydrogen-bond donors (Lipinski definition) is 3. The van der Waals surface area contributed by atoms with E-state index in [-0.39, 0.29) is 30.0 Å². The number of fused-ring (bicyclic) bond motifs is 1. The number of carbonyl (C=O) groups is 1. The predicted octanol–water partition coefficient (Wildman–Crippen LogP) is 2.53. The van der Waals surface area contributed by atoms with Crippen LogP contribution in [0.2, 0.25) is 0 Å². The summed E-state index contributed by atoms with van der Waals surface area (Å²) >= 11 is 0. The van der Waals surface area contributed by atoms with Gasteiger partial charge in [0.15, 0.2) is 0 Å². The van der Waals surface area contributed by atoms with Crippen molar-refractivity contribution in [3.05, 3.63) is 36.7 Å². The molecule has 0 saturated heterocycles. The van der Waals surface area contributed by atoms with Gasteiger partial charge in [0.1, 0.15) is 5.75 Å². The Hall–Kier alpha value is -2.18. The van der Waals surface area contributed by atoms with Crippen molar-refractivity contribution >= 4 is 16.7 Å². The molecular formula is C22H29N3O3. The predicted molar refractivity (Wildman–Crippen MR) is 108 cm³/mol. The molecule has 0 radical (unpaired) electrons. The monoisotopic (exact) mass is 383 g/mol. The van der Waals surface area contributed by atoms with Crippen LogP contribution in [0.15, 0.2) is 36.7 Å². The minimum atomic E-state index is -0.471. The fraction of sp³-hybridized carbons (Fsp3) is 0.545. The quantitative estimate of drug-likeness (QED) is 0.754. The number of aliphatic hydroxyl groups excluding tert-OH is 1. The Balaban J connectivity index is 1.28. The number of nitrogens with two attached hydrogens (primary N) is 1. The van der Waals surface area contributed by atoms with E-state index in [2.05, 4.69) is 10.3 Å². The third-order valence-electron chi connectivity index (χ3n) is 6.19. The molecule has 1 aromatic carbocycles. The molecule has 0 aliphatic heterocycles. The molecule has 2 saturated carbocycles. The average molecular weight is 383 g/mol. The van der Waals surface area contributed by atoms with Crippen molar-refractivity contribution in [3.63, 3.8) is 0 Å². The molecule has 2 aliphatic carbocycles. The summed E-state index contributed by atoms with van der Waals surface area (Å²) in [4.78, 5) is 16.7. The number of nitrogens with zero attached hydrogens (tertiary/aromatic N) is 1. The lowest BCUT2D eigenvalue weighted by Gasteiger charge is -2.33. The van der Waals surface area contributed by atoms with Gasteiger partial charge in [-0.3, -0.25) is 9.78 Å². The number of hydrogen-bond acceptors (Lipinski definition) is 5. The molecule has 4 rings (SSSR count). The lowest BCUT2D eigenvalue weighted by atomic mass is 9.83. The highest BCUT2D eigenvalue weighted by Crippen LogP contribution is 2.30. The smallest absolute Gasteiger partial charge is 0.223 e. The molecule has 6 nitrogen and oxygen atoms in total. The van der Waals surface area contributed by atoms with Crippen LogP contribution in [-0.4, -0.2) is 40.3 Å². The molecule has 1 aromatic heterocycles. The zero-order valence-electron chi connectivity index (χ0n) is 16.1. The molecule has 0 bridgehead atoms. The SMILES string of the molecule is N[C@@H]1C[C@@H](C(=O)NC2CCC(Oc3cccc4cnccc34)CC2)CC[C@H]1O. The van der Waals surface area contributed by atoms with E-state index in [4.69, 9.17) is 10.5 Å². The summed E-state index contributed by atoms with van der Waals surface area (Å²) in [6, 6.07) is 7.95. The van der Waals surface area contributed by atoms with Gasteiger partial charge in [0.05, 0.1) is 12.2 Å². The summed E-state index contributed by atoms with van der Waals surface area (Å²) in [6.45, 7) is 0. The van der Waals surface area contributed by atoms with Gasteiger partial charge in [-0.15, -0.1) is 0 Å². The van der Waals surface area contributed by atoms with Crippen LogP contribution in [-0.2, 0) is 4.79 Å². The average Bonchev–Trinajstić information content (AvgIpc) is 2.72. The Morgan fingerprint density at radius 1 is 1.14 bits per heavy atom. The van der Waals surface area contributed by atoms with Crippen molar-refractivity contribution in [1.29, 1.82) is 0 Å². The second-order valence-electron chi connectivity index (χ2n) is 8.19. The van der Waals surface area contributed by atoms with Crippen LogP contribution in [0.1, 0.15) is 44.9 Å². The normalized spacial score (nSPS) is 30.7. The number of rotatable bonds is 4. The standard InChI is InChI=1S/C22H29N3O3/c23-19-12-14(4-9-20(19)26)22(27)25-16-5-7-17(8-6-16)28-21-3-1-2-15-13-24-11-10-18(15)21/h1-3,10-11,13-14,16-17,19-20,26H,4-9,12,23H2,(H,25,27)/t14-,16?,17?,19+,20+/m0/s1. The van der Waals surface area contributed by atoms with Crippen LogP contribution in [0.5, 0.6) is 5.75 Å². The number of carbonyl (C=O) groups excluding carboxylic acids is 1. The fourth-order valence-corrected chi connectivity index (χ4v) is 4.45. The van der Waals surface area contributed by atoms with Gasteiger partial charge in [-0.1, -0.05) is 12.1 Å². The number of nitrogens with one attached hydrogen (secondary N) is 1. The van der Waals surface area contributed by atoms with E-state index in [1.54, 1.807) is 6.20 Å². The summed E-state index contributed by atoms with van der Waals surface area (Å²) in [7, 11) is 0. The first-order valence-electron chi connectivity index (χ1n) is 10.3. The number of pyridine rings is 1. The number of ether oxygens (including phenoxy) is 1. The van der Waals surface area contributed by atoms with Gasteiger partial charge in [-0.25, -0.2) is 0 Å². The minimum absolute atomic E-state index is 0.0725. The lowest BCUT2D eigenvalue weighted by Crippen LogP contribution is -2.47. The second-order valence-corrected chi connectivity index (χ2v) is 8.19. The maximum atomic E-state index is 12.6. The summed E-state index contributed by atoms with van der Waals surface area (Å²) < 4.78 is 6.28. The van der Waals surface area contributed by atoms with Crippen LogP contribution in [0.4, 0.5) is 0 Å². The third-order valence-corrected chi connectivity index (χ3v) is 6.19. The molecule has 1 heterocycles. The van der Waals surface area contributed by atoms with Gasteiger partial charge >= 0.3 is 0 Å². The van der Waals surface area contributed by atoms with Crippen molar-refractivity contribution in [2.24, 2.45) is 11.7 Å².